The Labute approximate surface area is 184 Å². The molecule has 3 aliphatic heterocycles. The molecule has 0 radical (unpaired) electrons. The summed E-state index contributed by atoms with van der Waals surface area (Å²) in [7, 11) is 1.70. The second-order valence-electron chi connectivity index (χ2n) is 8.83. The quantitative estimate of drug-likeness (QED) is 0.673. The van der Waals surface area contributed by atoms with Crippen molar-refractivity contribution in [2.24, 2.45) is 0 Å². The number of ether oxygens (including phenoxy) is 3. The Morgan fingerprint density at radius 2 is 1.74 bits per heavy atom. The van der Waals surface area contributed by atoms with Crippen LogP contribution in [0.15, 0.2) is 34.7 Å². The van der Waals surface area contributed by atoms with Crippen molar-refractivity contribution in [2.75, 3.05) is 53.2 Å². The molecule has 4 heterocycles. The van der Waals surface area contributed by atoms with Gasteiger partial charge in [0.05, 0.1) is 6.54 Å². The average molecular weight is 428 g/mol. The van der Waals surface area contributed by atoms with E-state index in [0.29, 0.717) is 19.4 Å². The largest absolute Gasteiger partial charge is 0.462 e. The first-order valence-corrected chi connectivity index (χ1v) is 11.4. The molecule has 1 aromatic heterocycles. The third-order valence-electron chi connectivity index (χ3n) is 6.63. The van der Waals surface area contributed by atoms with E-state index in [4.69, 9.17) is 18.6 Å². The van der Waals surface area contributed by atoms with Crippen LogP contribution in [0.3, 0.4) is 0 Å². The smallest absolute Gasteiger partial charge is 0.231 e. The molecule has 1 aromatic carbocycles. The Bertz CT molecular complexity index is 862. The number of fused-ring (bicyclic) bond motifs is 1. The van der Waals surface area contributed by atoms with Crippen molar-refractivity contribution in [1.82, 2.24) is 14.7 Å². The number of nitrogens with zero attached hydrogens (tertiary/aromatic N) is 3. The lowest BCUT2D eigenvalue weighted by Crippen LogP contribution is -2.54. The average Bonchev–Trinajstić information content (AvgIpc) is 3.44. The van der Waals surface area contributed by atoms with Gasteiger partial charge in [-0.25, -0.2) is 0 Å². The van der Waals surface area contributed by atoms with Crippen molar-refractivity contribution < 1.29 is 18.6 Å². The highest BCUT2D eigenvalue weighted by atomic mass is 16.7. The van der Waals surface area contributed by atoms with Gasteiger partial charge < -0.3 is 18.6 Å². The lowest BCUT2D eigenvalue weighted by molar-refractivity contribution is 0.0455. The number of piperazine rings is 1. The zero-order chi connectivity index (χ0) is 21.0. The lowest BCUT2D eigenvalue weighted by atomic mass is 10.0. The zero-order valence-electron chi connectivity index (χ0n) is 18.4. The molecule has 0 amide bonds. The molecule has 0 unspecified atom stereocenters. The molecule has 7 nitrogen and oxygen atoms in total. The molecule has 2 aromatic rings. The van der Waals surface area contributed by atoms with Gasteiger partial charge in [-0.3, -0.25) is 14.7 Å². The summed E-state index contributed by atoms with van der Waals surface area (Å²) in [5, 5.41) is 0. The van der Waals surface area contributed by atoms with E-state index in [1.54, 1.807) is 7.11 Å². The minimum Gasteiger partial charge on any atom is -0.462 e. The van der Waals surface area contributed by atoms with Crippen LogP contribution in [0.5, 0.6) is 11.5 Å². The summed E-state index contributed by atoms with van der Waals surface area (Å²) >= 11 is 0. The van der Waals surface area contributed by atoms with Crippen LogP contribution in [0.25, 0.3) is 0 Å². The number of benzene rings is 1. The van der Waals surface area contributed by atoms with Gasteiger partial charge >= 0.3 is 0 Å². The van der Waals surface area contributed by atoms with E-state index in [9.17, 15) is 0 Å². The molecule has 2 fully saturated rings. The number of furan rings is 1. The Morgan fingerprint density at radius 3 is 2.61 bits per heavy atom. The van der Waals surface area contributed by atoms with Gasteiger partial charge in [-0.15, -0.1) is 0 Å². The molecule has 2 saturated heterocycles. The maximum absolute atomic E-state index is 5.90. The third kappa shape index (κ3) is 5.06. The Balaban J connectivity index is 1.10. The molecular weight excluding hydrogens is 394 g/mol. The van der Waals surface area contributed by atoms with Crippen molar-refractivity contribution >= 4 is 0 Å². The SMILES string of the molecule is COCc1ccc(CN2CCC[C@H](N3CCN(Cc4ccc5c(c4)OCO5)CC3)C2)o1. The lowest BCUT2D eigenvalue weighted by Gasteiger charge is -2.43. The number of hydrogen-bond acceptors (Lipinski definition) is 7. The number of hydrogen-bond donors (Lipinski definition) is 0. The van der Waals surface area contributed by atoms with Gasteiger partial charge in [0.25, 0.3) is 0 Å². The third-order valence-corrected chi connectivity index (χ3v) is 6.63. The van der Waals surface area contributed by atoms with E-state index in [2.05, 4.69) is 32.9 Å². The second kappa shape index (κ2) is 9.61. The molecular formula is C24H33N3O4. The van der Waals surface area contributed by atoms with E-state index in [0.717, 1.165) is 75.4 Å². The van der Waals surface area contributed by atoms with Crippen LogP contribution in [0.1, 0.15) is 29.9 Å². The maximum Gasteiger partial charge on any atom is 0.231 e. The molecule has 168 valence electrons. The first-order chi connectivity index (χ1) is 15.3. The topological polar surface area (TPSA) is 50.6 Å². The normalized spacial score (nSPS) is 22.8. The monoisotopic (exact) mass is 427 g/mol. The fourth-order valence-electron chi connectivity index (χ4n) is 5.00. The predicted octanol–water partition coefficient (Wildman–Crippen LogP) is 2.94. The molecule has 7 heteroatoms. The first-order valence-electron chi connectivity index (χ1n) is 11.4. The summed E-state index contributed by atoms with van der Waals surface area (Å²) in [5.74, 6) is 3.69. The molecule has 1 atom stereocenters. The predicted molar refractivity (Wildman–Crippen MR) is 117 cm³/mol. The maximum atomic E-state index is 5.90. The van der Waals surface area contributed by atoms with Crippen molar-refractivity contribution in [3.63, 3.8) is 0 Å². The summed E-state index contributed by atoms with van der Waals surface area (Å²) in [6.45, 7) is 9.54. The molecule has 0 bridgehead atoms. The molecule has 0 N–H and O–H groups in total. The highest BCUT2D eigenvalue weighted by Crippen LogP contribution is 2.33. The van der Waals surface area contributed by atoms with Crippen LogP contribution in [0, 0.1) is 0 Å². The van der Waals surface area contributed by atoms with Crippen molar-refractivity contribution in [3.05, 3.63) is 47.4 Å². The molecule has 31 heavy (non-hydrogen) atoms. The first kappa shape index (κ1) is 20.8. The fraction of sp³-hybridized carbons (Fsp3) is 0.583. The van der Waals surface area contributed by atoms with Gasteiger partial charge in [-0.1, -0.05) is 6.07 Å². The van der Waals surface area contributed by atoms with E-state index < -0.39 is 0 Å². The highest BCUT2D eigenvalue weighted by Gasteiger charge is 2.28. The summed E-state index contributed by atoms with van der Waals surface area (Å²) in [5.41, 5.74) is 1.30. The Hall–Kier alpha value is -2.06. The standard InChI is InChI=1S/C24H33N3O4/c1-28-17-22-6-5-21(31-22)16-26-8-2-3-20(15-26)27-11-9-25(10-12-27)14-19-4-7-23-24(13-19)30-18-29-23/h4-7,13,20H,2-3,8-12,14-18H2,1H3/t20-/m0/s1. The number of methoxy groups -OCH3 is 1. The van der Waals surface area contributed by atoms with Crippen molar-refractivity contribution in [3.8, 4) is 11.5 Å². The Kier molecular flexibility index (Phi) is 6.45. The van der Waals surface area contributed by atoms with E-state index in [-0.39, 0.29) is 0 Å². The van der Waals surface area contributed by atoms with E-state index in [1.807, 2.05) is 12.1 Å². The zero-order valence-corrected chi connectivity index (χ0v) is 18.4. The Morgan fingerprint density at radius 1 is 0.903 bits per heavy atom. The van der Waals surface area contributed by atoms with Crippen LogP contribution < -0.4 is 9.47 Å². The van der Waals surface area contributed by atoms with E-state index >= 15 is 0 Å². The van der Waals surface area contributed by atoms with Gasteiger partial charge in [0.1, 0.15) is 18.1 Å². The summed E-state index contributed by atoms with van der Waals surface area (Å²) in [4.78, 5) is 7.79. The number of likely N-dealkylation sites (tertiary alicyclic amines) is 1. The van der Waals surface area contributed by atoms with Crippen LogP contribution in [0.2, 0.25) is 0 Å². The minimum absolute atomic E-state index is 0.337. The second-order valence-corrected chi connectivity index (χ2v) is 8.83. The fourth-order valence-corrected chi connectivity index (χ4v) is 5.00. The van der Waals surface area contributed by atoms with Gasteiger partial charge in [-0.2, -0.15) is 0 Å². The van der Waals surface area contributed by atoms with E-state index in [1.165, 1.54) is 18.4 Å². The van der Waals surface area contributed by atoms with Crippen LogP contribution in [-0.2, 0) is 24.4 Å². The summed E-state index contributed by atoms with van der Waals surface area (Å²) in [6, 6.07) is 11.1. The van der Waals surface area contributed by atoms with Gasteiger partial charge in [0.2, 0.25) is 6.79 Å². The van der Waals surface area contributed by atoms with Crippen molar-refractivity contribution in [1.29, 1.82) is 0 Å². The highest BCUT2D eigenvalue weighted by molar-refractivity contribution is 5.44. The van der Waals surface area contributed by atoms with Crippen LogP contribution in [-0.4, -0.2) is 73.9 Å². The molecule has 0 spiro atoms. The molecule has 3 aliphatic rings. The summed E-state index contributed by atoms with van der Waals surface area (Å²) < 4.78 is 22.0. The molecule has 0 saturated carbocycles. The van der Waals surface area contributed by atoms with Crippen LogP contribution in [0.4, 0.5) is 0 Å². The number of piperidine rings is 1. The van der Waals surface area contributed by atoms with Gasteiger partial charge in [0.15, 0.2) is 11.5 Å². The van der Waals surface area contributed by atoms with Gasteiger partial charge in [0, 0.05) is 52.4 Å². The van der Waals surface area contributed by atoms with Gasteiger partial charge in [-0.05, 0) is 49.2 Å². The molecule has 5 rings (SSSR count). The minimum atomic E-state index is 0.337. The van der Waals surface area contributed by atoms with Crippen molar-refractivity contribution in [2.45, 2.75) is 38.6 Å². The number of rotatable bonds is 7. The van der Waals surface area contributed by atoms with Crippen LogP contribution >= 0.6 is 0 Å². The molecule has 0 aliphatic carbocycles. The summed E-state index contributed by atoms with van der Waals surface area (Å²) in [6.07, 6.45) is 2.56.